The van der Waals surface area contributed by atoms with E-state index in [0.717, 1.165) is 12.0 Å². The van der Waals surface area contributed by atoms with E-state index in [1.165, 1.54) is 11.3 Å². The molecule has 0 bridgehead atoms. The van der Waals surface area contributed by atoms with Gasteiger partial charge in [-0.15, -0.1) is 11.3 Å². The SMILES string of the molecule is Cc1cc(NC(=O)C(C)(C)C)sc1C(=O)NC(CO)CC(C)C. The molecule has 23 heavy (non-hydrogen) atoms. The fourth-order valence-electron chi connectivity index (χ4n) is 2.07. The van der Waals surface area contributed by atoms with Gasteiger partial charge in [-0.2, -0.15) is 0 Å². The van der Waals surface area contributed by atoms with Gasteiger partial charge in [-0.3, -0.25) is 9.59 Å². The molecule has 1 aromatic rings. The Morgan fingerprint density at radius 3 is 2.39 bits per heavy atom. The molecule has 0 spiro atoms. The van der Waals surface area contributed by atoms with Crippen LogP contribution in [0.3, 0.4) is 0 Å². The number of aliphatic hydroxyl groups is 1. The highest BCUT2D eigenvalue weighted by molar-refractivity contribution is 7.18. The molecule has 0 radical (unpaired) electrons. The van der Waals surface area contributed by atoms with Crippen molar-refractivity contribution >= 4 is 28.2 Å². The second kappa shape index (κ2) is 7.93. The molecule has 3 N–H and O–H groups in total. The number of anilines is 1. The first-order valence-electron chi connectivity index (χ1n) is 7.88. The van der Waals surface area contributed by atoms with Crippen LogP contribution in [0.25, 0.3) is 0 Å². The lowest BCUT2D eigenvalue weighted by molar-refractivity contribution is -0.123. The fourth-order valence-corrected chi connectivity index (χ4v) is 3.04. The molecule has 1 atom stereocenters. The summed E-state index contributed by atoms with van der Waals surface area (Å²) in [7, 11) is 0. The van der Waals surface area contributed by atoms with Crippen molar-refractivity contribution in [1.82, 2.24) is 5.32 Å². The summed E-state index contributed by atoms with van der Waals surface area (Å²) in [6, 6.07) is 1.55. The van der Waals surface area contributed by atoms with Gasteiger partial charge in [0.15, 0.2) is 0 Å². The Morgan fingerprint density at radius 2 is 1.91 bits per heavy atom. The summed E-state index contributed by atoms with van der Waals surface area (Å²) in [6.07, 6.45) is 0.723. The Kier molecular flexibility index (Phi) is 6.77. The first kappa shape index (κ1) is 19.6. The van der Waals surface area contributed by atoms with E-state index in [1.54, 1.807) is 6.07 Å². The van der Waals surface area contributed by atoms with Gasteiger partial charge in [-0.05, 0) is 30.9 Å². The van der Waals surface area contributed by atoms with Crippen LogP contribution in [0.15, 0.2) is 6.07 Å². The standard InChI is InChI=1S/C17H28N2O3S/c1-10(2)7-12(9-20)18-15(21)14-11(3)8-13(23-14)19-16(22)17(4,5)6/h8,10,12,20H,7,9H2,1-6H3,(H,18,21)(H,19,22). The van der Waals surface area contributed by atoms with Crippen LogP contribution < -0.4 is 10.6 Å². The average molecular weight is 340 g/mol. The first-order chi connectivity index (χ1) is 10.5. The van der Waals surface area contributed by atoms with Crippen LogP contribution in [0.5, 0.6) is 0 Å². The second-order valence-corrected chi connectivity index (χ2v) is 8.36. The molecule has 130 valence electrons. The number of aryl methyl sites for hydroxylation is 1. The summed E-state index contributed by atoms with van der Waals surface area (Å²) in [5, 5.41) is 15.8. The molecule has 0 fully saturated rings. The molecule has 5 nitrogen and oxygen atoms in total. The fraction of sp³-hybridized carbons (Fsp3) is 0.647. The topological polar surface area (TPSA) is 78.4 Å². The van der Waals surface area contributed by atoms with Crippen molar-refractivity contribution in [3.8, 4) is 0 Å². The van der Waals surface area contributed by atoms with E-state index in [9.17, 15) is 14.7 Å². The Balaban J connectivity index is 2.81. The van der Waals surface area contributed by atoms with Crippen LogP contribution >= 0.6 is 11.3 Å². The Labute approximate surface area is 142 Å². The maximum Gasteiger partial charge on any atom is 0.261 e. The summed E-state index contributed by atoms with van der Waals surface area (Å²) in [4.78, 5) is 25.0. The number of rotatable bonds is 6. The van der Waals surface area contributed by atoms with Gasteiger partial charge in [0.2, 0.25) is 5.91 Å². The summed E-state index contributed by atoms with van der Waals surface area (Å²) < 4.78 is 0. The molecule has 1 rings (SSSR count). The Morgan fingerprint density at radius 1 is 1.30 bits per heavy atom. The van der Waals surface area contributed by atoms with Crippen molar-refractivity contribution in [3.63, 3.8) is 0 Å². The largest absolute Gasteiger partial charge is 0.394 e. The van der Waals surface area contributed by atoms with Gasteiger partial charge < -0.3 is 15.7 Å². The number of carbonyl (C=O) groups is 2. The molecule has 6 heteroatoms. The van der Waals surface area contributed by atoms with Crippen molar-refractivity contribution in [3.05, 3.63) is 16.5 Å². The minimum absolute atomic E-state index is 0.0814. The number of hydrogen-bond donors (Lipinski definition) is 3. The maximum atomic E-state index is 12.4. The lowest BCUT2D eigenvalue weighted by Gasteiger charge is -2.18. The van der Waals surface area contributed by atoms with E-state index in [4.69, 9.17) is 0 Å². The van der Waals surface area contributed by atoms with E-state index in [0.29, 0.717) is 15.8 Å². The van der Waals surface area contributed by atoms with Crippen LogP contribution in [0.2, 0.25) is 0 Å². The molecule has 0 saturated carbocycles. The molecule has 1 heterocycles. The van der Waals surface area contributed by atoms with Crippen molar-refractivity contribution in [2.45, 2.75) is 54.0 Å². The molecule has 1 aromatic heterocycles. The number of aliphatic hydroxyl groups excluding tert-OH is 1. The zero-order chi connectivity index (χ0) is 17.8. The van der Waals surface area contributed by atoms with Crippen LogP contribution in [0.1, 0.15) is 56.3 Å². The quantitative estimate of drug-likeness (QED) is 0.744. The van der Waals surface area contributed by atoms with Gasteiger partial charge in [0.1, 0.15) is 0 Å². The molecule has 0 aromatic carbocycles. The average Bonchev–Trinajstić information content (AvgIpc) is 2.77. The van der Waals surface area contributed by atoms with Crippen LogP contribution in [-0.4, -0.2) is 29.6 Å². The van der Waals surface area contributed by atoms with E-state index < -0.39 is 5.41 Å². The summed E-state index contributed by atoms with van der Waals surface area (Å²) in [5.41, 5.74) is 0.331. The third kappa shape index (κ3) is 5.95. The number of amides is 2. The first-order valence-corrected chi connectivity index (χ1v) is 8.69. The number of hydrogen-bond acceptors (Lipinski definition) is 4. The highest BCUT2D eigenvalue weighted by Crippen LogP contribution is 2.28. The highest BCUT2D eigenvalue weighted by atomic mass is 32.1. The van der Waals surface area contributed by atoms with E-state index in [-0.39, 0.29) is 24.5 Å². The molecule has 0 aliphatic rings. The van der Waals surface area contributed by atoms with E-state index >= 15 is 0 Å². The Hall–Kier alpha value is -1.40. The van der Waals surface area contributed by atoms with Crippen molar-refractivity contribution in [1.29, 1.82) is 0 Å². The van der Waals surface area contributed by atoms with Gasteiger partial charge in [-0.25, -0.2) is 0 Å². The minimum atomic E-state index is -0.487. The Bertz CT molecular complexity index is 559. The van der Waals surface area contributed by atoms with E-state index in [2.05, 4.69) is 10.6 Å². The zero-order valence-electron chi connectivity index (χ0n) is 14.8. The van der Waals surface area contributed by atoms with E-state index in [1.807, 2.05) is 41.5 Å². The minimum Gasteiger partial charge on any atom is -0.394 e. The summed E-state index contributed by atoms with van der Waals surface area (Å²) in [5.74, 6) is 0.0979. The number of carbonyl (C=O) groups excluding carboxylic acids is 2. The third-order valence-corrected chi connectivity index (χ3v) is 4.50. The van der Waals surface area contributed by atoms with Gasteiger partial charge in [0.25, 0.3) is 5.91 Å². The number of thiophene rings is 1. The molecule has 0 aliphatic heterocycles. The monoisotopic (exact) mass is 340 g/mol. The van der Waals surface area contributed by atoms with Crippen molar-refractivity contribution in [2.75, 3.05) is 11.9 Å². The molecular weight excluding hydrogens is 312 g/mol. The predicted octanol–water partition coefficient (Wildman–Crippen LogP) is 3.18. The van der Waals surface area contributed by atoms with Crippen LogP contribution in [0.4, 0.5) is 5.00 Å². The van der Waals surface area contributed by atoms with Crippen molar-refractivity contribution < 1.29 is 14.7 Å². The van der Waals surface area contributed by atoms with Gasteiger partial charge in [0.05, 0.1) is 22.5 Å². The molecule has 1 unspecified atom stereocenters. The predicted molar refractivity (Wildman–Crippen MR) is 94.9 cm³/mol. The van der Waals surface area contributed by atoms with Crippen LogP contribution in [-0.2, 0) is 4.79 Å². The van der Waals surface area contributed by atoms with Gasteiger partial charge >= 0.3 is 0 Å². The molecule has 2 amide bonds. The van der Waals surface area contributed by atoms with Crippen molar-refractivity contribution in [2.24, 2.45) is 11.3 Å². The zero-order valence-corrected chi connectivity index (χ0v) is 15.6. The normalized spacial score (nSPS) is 13.0. The smallest absolute Gasteiger partial charge is 0.261 e. The molecular formula is C17H28N2O3S. The molecule has 0 aliphatic carbocycles. The maximum absolute atomic E-state index is 12.4. The number of nitrogens with one attached hydrogen (secondary N) is 2. The second-order valence-electron chi connectivity index (χ2n) is 7.31. The molecule has 0 saturated heterocycles. The lowest BCUT2D eigenvalue weighted by atomic mass is 9.96. The lowest BCUT2D eigenvalue weighted by Crippen LogP contribution is -2.38. The van der Waals surface area contributed by atoms with Gasteiger partial charge in [-0.1, -0.05) is 34.6 Å². The highest BCUT2D eigenvalue weighted by Gasteiger charge is 2.23. The summed E-state index contributed by atoms with van der Waals surface area (Å²) >= 11 is 1.26. The summed E-state index contributed by atoms with van der Waals surface area (Å²) in [6.45, 7) is 11.4. The van der Waals surface area contributed by atoms with Crippen LogP contribution in [0, 0.1) is 18.3 Å². The van der Waals surface area contributed by atoms with Gasteiger partial charge in [0, 0.05) is 5.41 Å². The third-order valence-electron chi connectivity index (χ3n) is 3.35.